The molecule has 0 spiro atoms. The highest BCUT2D eigenvalue weighted by Crippen LogP contribution is 2.30. The Morgan fingerprint density at radius 3 is 2.69 bits per heavy atom. The molecule has 0 aliphatic rings. The van der Waals surface area contributed by atoms with Crippen LogP contribution >= 0.6 is 0 Å². The van der Waals surface area contributed by atoms with Crippen LogP contribution in [0.4, 0.5) is 0 Å². The molecule has 0 aliphatic carbocycles. The average molecular weight is 216 g/mol. The summed E-state index contributed by atoms with van der Waals surface area (Å²) in [4.78, 5) is 0. The Balaban J connectivity index is 2.60. The second-order valence-electron chi connectivity index (χ2n) is 4.85. The molecule has 0 unspecified atom stereocenters. The molecule has 0 fully saturated rings. The van der Waals surface area contributed by atoms with E-state index >= 15 is 0 Å². The number of phenolic OH excluding ortho intramolecular Hbond substituents is 1. The summed E-state index contributed by atoms with van der Waals surface area (Å²) < 4.78 is 0. The summed E-state index contributed by atoms with van der Waals surface area (Å²) in [5.41, 5.74) is 1.29. The number of aromatic hydroxyl groups is 1. The van der Waals surface area contributed by atoms with E-state index in [-0.39, 0.29) is 5.41 Å². The Morgan fingerprint density at radius 2 is 2.06 bits per heavy atom. The highest BCUT2D eigenvalue weighted by atomic mass is 16.3. The van der Waals surface area contributed by atoms with Gasteiger partial charge in [-0.05, 0) is 36.0 Å². The number of rotatable bonds is 5. The first-order valence-electron chi connectivity index (χ1n) is 5.79. The van der Waals surface area contributed by atoms with Gasteiger partial charge in [0.25, 0.3) is 0 Å². The van der Waals surface area contributed by atoms with E-state index in [9.17, 15) is 5.11 Å². The maximum absolute atomic E-state index is 9.46. The maximum atomic E-state index is 9.46. The molecule has 0 saturated heterocycles. The van der Waals surface area contributed by atoms with Crippen LogP contribution in [-0.4, -0.2) is 5.11 Å². The summed E-state index contributed by atoms with van der Waals surface area (Å²) in [7, 11) is 0. The highest BCUT2D eigenvalue weighted by Gasteiger charge is 2.19. The number of benzene rings is 1. The van der Waals surface area contributed by atoms with E-state index in [0.717, 1.165) is 25.7 Å². The number of terminal acetylenes is 1. The molecule has 1 rings (SSSR count). The first-order chi connectivity index (χ1) is 7.56. The van der Waals surface area contributed by atoms with Crippen LogP contribution < -0.4 is 0 Å². The molecule has 0 saturated carbocycles. The molecule has 1 heteroatoms. The van der Waals surface area contributed by atoms with Crippen LogP contribution in [0.25, 0.3) is 0 Å². The standard InChI is InChI=1S/C15H20O/c1-4-5-6-7-11-15(2,3)13-9-8-10-14(16)12-13/h1,8-10,12,16H,5-7,11H2,2-3H3. The summed E-state index contributed by atoms with van der Waals surface area (Å²) in [6.45, 7) is 4.41. The third-order valence-electron chi connectivity index (χ3n) is 3.00. The summed E-state index contributed by atoms with van der Waals surface area (Å²) in [5.74, 6) is 3.00. The molecule has 16 heavy (non-hydrogen) atoms. The fourth-order valence-electron chi connectivity index (χ4n) is 1.87. The van der Waals surface area contributed by atoms with Gasteiger partial charge in [-0.1, -0.05) is 32.4 Å². The van der Waals surface area contributed by atoms with Crippen molar-refractivity contribution in [2.45, 2.75) is 44.9 Å². The van der Waals surface area contributed by atoms with Gasteiger partial charge in [0, 0.05) is 6.42 Å². The minimum atomic E-state index is 0.105. The van der Waals surface area contributed by atoms with E-state index in [2.05, 4.69) is 25.8 Å². The van der Waals surface area contributed by atoms with Crippen LogP contribution in [0, 0.1) is 12.3 Å². The van der Waals surface area contributed by atoms with E-state index < -0.39 is 0 Å². The van der Waals surface area contributed by atoms with Crippen LogP contribution in [-0.2, 0) is 5.41 Å². The lowest BCUT2D eigenvalue weighted by Crippen LogP contribution is -2.16. The van der Waals surface area contributed by atoms with E-state index in [0.29, 0.717) is 5.75 Å². The molecular weight excluding hydrogens is 196 g/mol. The predicted octanol–water partition coefficient (Wildman–Crippen LogP) is 3.86. The van der Waals surface area contributed by atoms with Crippen molar-refractivity contribution in [3.05, 3.63) is 29.8 Å². The zero-order valence-corrected chi connectivity index (χ0v) is 10.2. The van der Waals surface area contributed by atoms with E-state index in [1.54, 1.807) is 6.07 Å². The van der Waals surface area contributed by atoms with Gasteiger partial charge in [-0.2, -0.15) is 0 Å². The minimum absolute atomic E-state index is 0.105. The second kappa shape index (κ2) is 5.61. The topological polar surface area (TPSA) is 20.2 Å². The second-order valence-corrected chi connectivity index (χ2v) is 4.85. The SMILES string of the molecule is C#CCCCCC(C)(C)c1cccc(O)c1. The first kappa shape index (κ1) is 12.6. The van der Waals surface area contributed by atoms with Crippen LogP contribution in [0.3, 0.4) is 0 Å². The molecule has 0 bridgehead atoms. The molecule has 86 valence electrons. The highest BCUT2D eigenvalue weighted by molar-refractivity contribution is 5.31. The third-order valence-corrected chi connectivity index (χ3v) is 3.00. The molecular formula is C15H20O. The van der Waals surface area contributed by atoms with Crippen LogP contribution in [0.15, 0.2) is 24.3 Å². The smallest absolute Gasteiger partial charge is 0.115 e. The summed E-state index contributed by atoms with van der Waals surface area (Å²) in [6.07, 6.45) is 9.39. The van der Waals surface area contributed by atoms with Crippen LogP contribution in [0.5, 0.6) is 5.75 Å². The predicted molar refractivity (Wildman–Crippen MR) is 68.4 cm³/mol. The lowest BCUT2D eigenvalue weighted by molar-refractivity contribution is 0.443. The number of phenols is 1. The Hall–Kier alpha value is -1.42. The molecule has 0 heterocycles. The van der Waals surface area contributed by atoms with Gasteiger partial charge in [0.1, 0.15) is 5.75 Å². The quantitative estimate of drug-likeness (QED) is 0.585. The Morgan fingerprint density at radius 1 is 1.31 bits per heavy atom. The van der Waals surface area contributed by atoms with Crippen LogP contribution in [0.1, 0.15) is 45.1 Å². The number of unbranched alkanes of at least 4 members (excludes halogenated alkanes) is 2. The van der Waals surface area contributed by atoms with Gasteiger partial charge in [0.2, 0.25) is 0 Å². The molecule has 0 amide bonds. The molecule has 1 nitrogen and oxygen atoms in total. The molecule has 0 aromatic heterocycles. The molecule has 1 aromatic carbocycles. The van der Waals surface area contributed by atoms with Crippen molar-refractivity contribution in [2.24, 2.45) is 0 Å². The van der Waals surface area contributed by atoms with E-state index in [1.165, 1.54) is 5.56 Å². The number of hydrogen-bond donors (Lipinski definition) is 1. The van der Waals surface area contributed by atoms with Gasteiger partial charge in [0.15, 0.2) is 0 Å². The summed E-state index contributed by atoms with van der Waals surface area (Å²) in [5, 5.41) is 9.46. The molecule has 1 aromatic rings. The van der Waals surface area contributed by atoms with Crippen LogP contribution in [0.2, 0.25) is 0 Å². The van der Waals surface area contributed by atoms with Crippen molar-refractivity contribution >= 4 is 0 Å². The largest absolute Gasteiger partial charge is 0.508 e. The van der Waals surface area contributed by atoms with Crippen molar-refractivity contribution in [2.75, 3.05) is 0 Å². The van der Waals surface area contributed by atoms with Gasteiger partial charge >= 0.3 is 0 Å². The molecule has 0 radical (unpaired) electrons. The molecule has 1 N–H and O–H groups in total. The molecule has 0 atom stereocenters. The lowest BCUT2D eigenvalue weighted by atomic mass is 9.80. The average Bonchev–Trinajstić information content (AvgIpc) is 2.24. The van der Waals surface area contributed by atoms with Crippen molar-refractivity contribution in [3.63, 3.8) is 0 Å². The van der Waals surface area contributed by atoms with Gasteiger partial charge in [-0.25, -0.2) is 0 Å². The van der Waals surface area contributed by atoms with E-state index in [1.807, 2.05) is 12.1 Å². The minimum Gasteiger partial charge on any atom is -0.508 e. The fourth-order valence-corrected chi connectivity index (χ4v) is 1.87. The first-order valence-corrected chi connectivity index (χ1v) is 5.79. The van der Waals surface area contributed by atoms with Crippen molar-refractivity contribution in [1.82, 2.24) is 0 Å². The Bertz CT molecular complexity index is 371. The van der Waals surface area contributed by atoms with Gasteiger partial charge < -0.3 is 5.11 Å². The lowest BCUT2D eigenvalue weighted by Gasteiger charge is -2.25. The summed E-state index contributed by atoms with van der Waals surface area (Å²) in [6, 6.07) is 7.52. The fraction of sp³-hybridized carbons (Fsp3) is 0.467. The van der Waals surface area contributed by atoms with Gasteiger partial charge in [0.05, 0.1) is 0 Å². The zero-order chi connectivity index (χ0) is 12.0. The van der Waals surface area contributed by atoms with Gasteiger partial charge in [-0.15, -0.1) is 12.3 Å². The Kier molecular flexibility index (Phi) is 4.43. The normalized spacial score (nSPS) is 11.1. The van der Waals surface area contributed by atoms with Crippen molar-refractivity contribution < 1.29 is 5.11 Å². The Labute approximate surface area is 98.5 Å². The van der Waals surface area contributed by atoms with E-state index in [4.69, 9.17) is 6.42 Å². The third kappa shape index (κ3) is 3.62. The monoisotopic (exact) mass is 216 g/mol. The number of hydrogen-bond acceptors (Lipinski definition) is 1. The van der Waals surface area contributed by atoms with Crippen molar-refractivity contribution in [1.29, 1.82) is 0 Å². The zero-order valence-electron chi connectivity index (χ0n) is 10.2. The van der Waals surface area contributed by atoms with Gasteiger partial charge in [-0.3, -0.25) is 0 Å². The summed E-state index contributed by atoms with van der Waals surface area (Å²) >= 11 is 0. The molecule has 0 aliphatic heterocycles. The van der Waals surface area contributed by atoms with Crippen molar-refractivity contribution in [3.8, 4) is 18.1 Å². The maximum Gasteiger partial charge on any atom is 0.115 e.